The lowest BCUT2D eigenvalue weighted by atomic mass is 9.87. The molecule has 1 aromatic carbocycles. The predicted molar refractivity (Wildman–Crippen MR) is 104 cm³/mol. The first-order valence-corrected chi connectivity index (χ1v) is 9.40. The second kappa shape index (κ2) is 8.89. The number of allylic oxidation sites excluding steroid dienone is 2. The van der Waals surface area contributed by atoms with E-state index >= 15 is 0 Å². The Labute approximate surface area is 160 Å². The molecule has 2 amide bonds. The molecule has 0 aliphatic heterocycles. The number of benzene rings is 1. The molecule has 27 heavy (non-hydrogen) atoms. The van der Waals surface area contributed by atoms with Crippen molar-refractivity contribution in [2.24, 2.45) is 5.41 Å². The van der Waals surface area contributed by atoms with E-state index < -0.39 is 5.41 Å². The van der Waals surface area contributed by atoms with Gasteiger partial charge >= 0.3 is 0 Å². The van der Waals surface area contributed by atoms with Crippen LogP contribution >= 0.6 is 0 Å². The summed E-state index contributed by atoms with van der Waals surface area (Å²) in [6.07, 6.45) is 5.88. The van der Waals surface area contributed by atoms with E-state index in [1.807, 2.05) is 0 Å². The fourth-order valence-corrected chi connectivity index (χ4v) is 3.14. The molecule has 0 fully saturated rings. The highest BCUT2D eigenvalue weighted by Gasteiger charge is 2.27. The summed E-state index contributed by atoms with van der Waals surface area (Å²) in [7, 11) is 0. The highest BCUT2D eigenvalue weighted by molar-refractivity contribution is 6.24. The van der Waals surface area contributed by atoms with Crippen LogP contribution in [0.2, 0.25) is 0 Å². The van der Waals surface area contributed by atoms with Gasteiger partial charge in [0.05, 0.1) is 0 Å². The number of ketones is 2. The van der Waals surface area contributed by atoms with E-state index in [4.69, 9.17) is 0 Å². The predicted octanol–water partition coefficient (Wildman–Crippen LogP) is 3.97. The SMILES string of the molecule is CC(C)(C)C(=O)N(C=O)CCCCCCC1=CC(=O)c2ccccc2C1=O. The number of unbranched alkanes of at least 4 members (excludes halogenated alkanes) is 3. The fraction of sp³-hybridized carbons (Fsp3) is 0.455. The molecule has 5 nitrogen and oxygen atoms in total. The largest absolute Gasteiger partial charge is 0.289 e. The van der Waals surface area contributed by atoms with Crippen molar-refractivity contribution in [2.45, 2.75) is 52.9 Å². The number of fused-ring (bicyclic) bond motifs is 1. The van der Waals surface area contributed by atoms with Crippen LogP contribution in [-0.2, 0) is 9.59 Å². The number of imide groups is 1. The highest BCUT2D eigenvalue weighted by Crippen LogP contribution is 2.24. The number of Topliss-reactive ketones (excluding diaryl/α,β-unsaturated/α-hetero) is 1. The molecule has 0 saturated carbocycles. The van der Waals surface area contributed by atoms with Crippen molar-refractivity contribution in [2.75, 3.05) is 6.54 Å². The first kappa shape index (κ1) is 20.7. The number of hydrogen-bond donors (Lipinski definition) is 0. The maximum Gasteiger partial charge on any atom is 0.234 e. The van der Waals surface area contributed by atoms with Gasteiger partial charge in [0.25, 0.3) is 0 Å². The standard InChI is InChI=1S/C22H27NO4/c1-22(2,3)21(27)23(15-24)13-9-5-4-6-10-16-14-19(25)17-11-7-8-12-18(17)20(16)26/h7-8,11-12,14-15H,4-6,9-10,13H2,1-3H3. The number of rotatable bonds is 8. The lowest BCUT2D eigenvalue weighted by molar-refractivity contribution is -0.144. The smallest absolute Gasteiger partial charge is 0.234 e. The van der Waals surface area contributed by atoms with Crippen LogP contribution in [0.3, 0.4) is 0 Å². The van der Waals surface area contributed by atoms with E-state index in [0.717, 1.165) is 25.7 Å². The lowest BCUT2D eigenvalue weighted by Gasteiger charge is -2.24. The van der Waals surface area contributed by atoms with Crippen molar-refractivity contribution in [3.8, 4) is 0 Å². The Morgan fingerprint density at radius 3 is 2.26 bits per heavy atom. The molecule has 1 aromatic rings. The Kier molecular flexibility index (Phi) is 6.83. The zero-order valence-electron chi connectivity index (χ0n) is 16.3. The molecule has 1 aliphatic rings. The van der Waals surface area contributed by atoms with Gasteiger partial charge in [-0.3, -0.25) is 24.1 Å². The fourth-order valence-electron chi connectivity index (χ4n) is 3.14. The van der Waals surface area contributed by atoms with Crippen molar-refractivity contribution in [3.63, 3.8) is 0 Å². The zero-order chi connectivity index (χ0) is 20.0. The number of hydrogen-bond acceptors (Lipinski definition) is 4. The molecule has 0 N–H and O–H groups in total. The van der Waals surface area contributed by atoms with E-state index in [0.29, 0.717) is 36.1 Å². The molecule has 144 valence electrons. The summed E-state index contributed by atoms with van der Waals surface area (Å²) in [5.41, 5.74) is 0.958. The van der Waals surface area contributed by atoms with Gasteiger partial charge in [0.1, 0.15) is 0 Å². The molecule has 0 saturated heterocycles. The van der Waals surface area contributed by atoms with Gasteiger partial charge in [0.15, 0.2) is 11.6 Å². The number of carbonyl (C=O) groups excluding carboxylic acids is 4. The second-order valence-corrected chi connectivity index (χ2v) is 7.93. The highest BCUT2D eigenvalue weighted by atomic mass is 16.2. The van der Waals surface area contributed by atoms with Crippen molar-refractivity contribution in [3.05, 3.63) is 47.0 Å². The first-order valence-electron chi connectivity index (χ1n) is 9.40. The van der Waals surface area contributed by atoms with Crippen LogP contribution in [0.4, 0.5) is 0 Å². The third-order valence-electron chi connectivity index (χ3n) is 4.66. The quantitative estimate of drug-likeness (QED) is 0.513. The van der Waals surface area contributed by atoms with Gasteiger partial charge in [-0.25, -0.2) is 0 Å². The number of amides is 2. The van der Waals surface area contributed by atoms with Crippen LogP contribution in [0.1, 0.15) is 73.6 Å². The van der Waals surface area contributed by atoms with Gasteiger partial charge in [0, 0.05) is 28.7 Å². The third-order valence-corrected chi connectivity index (χ3v) is 4.66. The second-order valence-electron chi connectivity index (χ2n) is 7.93. The van der Waals surface area contributed by atoms with E-state index in [9.17, 15) is 19.2 Å². The minimum Gasteiger partial charge on any atom is -0.289 e. The summed E-state index contributed by atoms with van der Waals surface area (Å²) < 4.78 is 0. The van der Waals surface area contributed by atoms with E-state index in [1.165, 1.54) is 11.0 Å². The van der Waals surface area contributed by atoms with Crippen LogP contribution in [0, 0.1) is 5.41 Å². The summed E-state index contributed by atoms with van der Waals surface area (Å²) >= 11 is 0. The van der Waals surface area contributed by atoms with Crippen LogP contribution < -0.4 is 0 Å². The molecular formula is C22H27NO4. The molecule has 0 atom stereocenters. The topological polar surface area (TPSA) is 71.5 Å². The Bertz CT molecular complexity index is 771. The molecule has 0 unspecified atom stereocenters. The molecule has 1 aliphatic carbocycles. The molecule has 0 spiro atoms. The van der Waals surface area contributed by atoms with Crippen LogP contribution in [0.5, 0.6) is 0 Å². The first-order chi connectivity index (χ1) is 12.8. The van der Waals surface area contributed by atoms with Crippen molar-refractivity contribution < 1.29 is 19.2 Å². The lowest BCUT2D eigenvalue weighted by Crippen LogP contribution is -2.39. The Morgan fingerprint density at radius 2 is 1.63 bits per heavy atom. The Balaban J connectivity index is 1.76. The molecule has 5 heteroatoms. The number of carbonyl (C=O) groups is 4. The molecule has 0 aromatic heterocycles. The van der Waals surface area contributed by atoms with Gasteiger partial charge in [-0.05, 0) is 25.3 Å². The van der Waals surface area contributed by atoms with Crippen LogP contribution in [0.25, 0.3) is 0 Å². The summed E-state index contributed by atoms with van der Waals surface area (Å²) in [6, 6.07) is 6.91. The molecular weight excluding hydrogens is 342 g/mol. The van der Waals surface area contributed by atoms with Crippen molar-refractivity contribution in [1.29, 1.82) is 0 Å². The maximum absolute atomic E-state index is 12.5. The van der Waals surface area contributed by atoms with Crippen LogP contribution in [0.15, 0.2) is 35.9 Å². The minimum atomic E-state index is -0.572. The number of nitrogens with zero attached hydrogens (tertiary/aromatic N) is 1. The maximum atomic E-state index is 12.5. The average molecular weight is 369 g/mol. The van der Waals surface area contributed by atoms with Gasteiger partial charge in [0.2, 0.25) is 12.3 Å². The molecule has 0 heterocycles. The van der Waals surface area contributed by atoms with E-state index in [-0.39, 0.29) is 17.5 Å². The minimum absolute atomic E-state index is 0.0619. The summed E-state index contributed by atoms with van der Waals surface area (Å²) in [6.45, 7) is 5.79. The normalized spacial score (nSPS) is 13.8. The monoisotopic (exact) mass is 369 g/mol. The summed E-state index contributed by atoms with van der Waals surface area (Å²) in [5.74, 6) is -0.344. The molecule has 2 rings (SSSR count). The van der Waals surface area contributed by atoms with Gasteiger partial charge in [-0.2, -0.15) is 0 Å². The zero-order valence-corrected chi connectivity index (χ0v) is 16.3. The molecule has 0 radical (unpaired) electrons. The Hall–Kier alpha value is -2.56. The van der Waals surface area contributed by atoms with Gasteiger partial charge in [-0.1, -0.05) is 57.9 Å². The Morgan fingerprint density at radius 1 is 1.00 bits per heavy atom. The van der Waals surface area contributed by atoms with Crippen molar-refractivity contribution in [1.82, 2.24) is 4.90 Å². The van der Waals surface area contributed by atoms with Gasteiger partial charge < -0.3 is 0 Å². The van der Waals surface area contributed by atoms with Crippen LogP contribution in [-0.4, -0.2) is 35.3 Å². The van der Waals surface area contributed by atoms with Gasteiger partial charge in [-0.15, -0.1) is 0 Å². The average Bonchev–Trinajstić information content (AvgIpc) is 2.63. The van der Waals surface area contributed by atoms with E-state index in [2.05, 4.69) is 0 Å². The van der Waals surface area contributed by atoms with Crippen molar-refractivity contribution >= 4 is 23.9 Å². The summed E-state index contributed by atoms with van der Waals surface area (Å²) in [5, 5.41) is 0. The third kappa shape index (κ3) is 5.22. The molecule has 0 bridgehead atoms. The van der Waals surface area contributed by atoms with E-state index in [1.54, 1.807) is 45.0 Å². The summed E-state index contributed by atoms with van der Waals surface area (Å²) in [4.78, 5) is 49.1.